The fourth-order valence-electron chi connectivity index (χ4n) is 3.50. The van der Waals surface area contributed by atoms with Crippen molar-refractivity contribution in [1.82, 2.24) is 0 Å². The fourth-order valence-corrected chi connectivity index (χ4v) is 4.54. The van der Waals surface area contributed by atoms with E-state index >= 15 is 0 Å². The molecule has 0 heterocycles. The van der Waals surface area contributed by atoms with Crippen LogP contribution in [0, 0.1) is 0 Å². The van der Waals surface area contributed by atoms with E-state index in [-0.39, 0.29) is 4.20 Å². The molecular weight excluding hydrogens is 375 g/mol. The van der Waals surface area contributed by atoms with Gasteiger partial charge in [0.05, 0.1) is 0 Å². The minimum atomic E-state index is -0.290. The van der Waals surface area contributed by atoms with E-state index in [9.17, 15) is 0 Å². The molecule has 1 heteroatoms. The third-order valence-corrected chi connectivity index (χ3v) is 6.37. The number of benzene rings is 4. The summed E-state index contributed by atoms with van der Waals surface area (Å²) in [5.41, 5.74) is 6.35. The van der Waals surface area contributed by atoms with Crippen LogP contribution in [0.3, 0.4) is 0 Å². The average molecular weight is 394 g/mol. The molecule has 0 unspecified atom stereocenters. The van der Waals surface area contributed by atoms with Crippen LogP contribution >= 0.6 is 0 Å². The van der Waals surface area contributed by atoms with Crippen LogP contribution in [-0.4, -0.2) is 16.9 Å². The minimum absolute atomic E-state index is 0.290. The Morgan fingerprint density at radius 2 is 0.885 bits per heavy atom. The number of hydrogen-bond donors (Lipinski definition) is 0. The van der Waals surface area contributed by atoms with Crippen molar-refractivity contribution in [2.24, 2.45) is 0 Å². The van der Waals surface area contributed by atoms with Gasteiger partial charge < -0.3 is 0 Å². The van der Waals surface area contributed by atoms with Crippen LogP contribution < -0.4 is 0 Å². The van der Waals surface area contributed by atoms with Crippen molar-refractivity contribution in [2.45, 2.75) is 4.20 Å². The van der Waals surface area contributed by atoms with Gasteiger partial charge in [-0.05, 0) is 0 Å². The molecule has 4 aromatic carbocycles. The second-order valence-electron chi connectivity index (χ2n) is 6.35. The van der Waals surface area contributed by atoms with Gasteiger partial charge in [0.1, 0.15) is 0 Å². The van der Waals surface area contributed by atoms with Crippen molar-refractivity contribution in [1.29, 1.82) is 0 Å². The molecule has 0 aliphatic rings. The molecular formula is C25H19As. The third-order valence-electron chi connectivity index (χ3n) is 4.78. The predicted molar refractivity (Wildman–Crippen MR) is 110 cm³/mol. The number of hydrogen-bond acceptors (Lipinski definition) is 0. The first-order valence-electron chi connectivity index (χ1n) is 8.78. The predicted octanol–water partition coefficient (Wildman–Crippen LogP) is 5.81. The van der Waals surface area contributed by atoms with Crippen molar-refractivity contribution < 1.29 is 0 Å². The van der Waals surface area contributed by atoms with E-state index in [1.807, 2.05) is 0 Å². The molecule has 2 radical (unpaired) electrons. The SMILES string of the molecule is [As]C(c1ccccc1)(c1ccccc1)c1ccccc1-c1ccccc1. The third kappa shape index (κ3) is 3.02. The maximum absolute atomic E-state index is 2.94. The molecule has 4 rings (SSSR count). The van der Waals surface area contributed by atoms with Gasteiger partial charge in [-0.1, -0.05) is 0 Å². The Labute approximate surface area is 164 Å². The van der Waals surface area contributed by atoms with E-state index in [0.29, 0.717) is 0 Å². The Morgan fingerprint density at radius 3 is 1.42 bits per heavy atom. The zero-order valence-electron chi connectivity index (χ0n) is 14.4. The van der Waals surface area contributed by atoms with E-state index in [4.69, 9.17) is 0 Å². The van der Waals surface area contributed by atoms with Crippen LogP contribution in [0.5, 0.6) is 0 Å². The van der Waals surface area contributed by atoms with Crippen LogP contribution in [-0.2, 0) is 4.20 Å². The van der Waals surface area contributed by atoms with Gasteiger partial charge in [-0.3, -0.25) is 0 Å². The summed E-state index contributed by atoms with van der Waals surface area (Å²) in [4.78, 5) is 0. The molecule has 26 heavy (non-hydrogen) atoms. The average Bonchev–Trinajstić information content (AvgIpc) is 2.75. The molecule has 0 bridgehead atoms. The first-order chi connectivity index (χ1) is 12.8. The summed E-state index contributed by atoms with van der Waals surface area (Å²) in [7, 11) is 0. The summed E-state index contributed by atoms with van der Waals surface area (Å²) in [6, 6.07) is 40.8. The van der Waals surface area contributed by atoms with E-state index in [1.54, 1.807) is 0 Å². The van der Waals surface area contributed by atoms with Gasteiger partial charge in [-0.25, -0.2) is 0 Å². The van der Waals surface area contributed by atoms with E-state index in [0.717, 1.165) is 0 Å². The Hall–Kier alpha value is -2.56. The molecule has 4 aromatic rings. The van der Waals surface area contributed by atoms with Gasteiger partial charge in [0.2, 0.25) is 0 Å². The Bertz CT molecular complexity index is 937. The van der Waals surface area contributed by atoms with Crippen LogP contribution in [0.25, 0.3) is 11.1 Å². The molecule has 0 atom stereocenters. The second kappa shape index (κ2) is 7.36. The quantitative estimate of drug-likeness (QED) is 0.303. The van der Waals surface area contributed by atoms with Crippen molar-refractivity contribution in [3.63, 3.8) is 0 Å². The van der Waals surface area contributed by atoms with Gasteiger partial charge in [-0.15, -0.1) is 0 Å². The molecule has 0 saturated heterocycles. The van der Waals surface area contributed by atoms with Crippen LogP contribution in [0.4, 0.5) is 0 Å². The first-order valence-corrected chi connectivity index (χ1v) is 9.72. The van der Waals surface area contributed by atoms with Crippen molar-refractivity contribution in [3.8, 4) is 11.1 Å². The summed E-state index contributed by atoms with van der Waals surface area (Å²) in [6.07, 6.45) is 0. The molecule has 0 N–H and O–H groups in total. The second-order valence-corrected chi connectivity index (χ2v) is 7.76. The van der Waals surface area contributed by atoms with E-state index in [2.05, 4.69) is 132 Å². The van der Waals surface area contributed by atoms with Crippen molar-refractivity contribution >= 4 is 16.9 Å². The molecule has 0 saturated carbocycles. The van der Waals surface area contributed by atoms with E-state index < -0.39 is 0 Å². The molecule has 0 aromatic heterocycles. The molecule has 0 fully saturated rings. The topological polar surface area (TPSA) is 0 Å². The summed E-state index contributed by atoms with van der Waals surface area (Å²) >= 11 is 2.94. The molecule has 0 amide bonds. The summed E-state index contributed by atoms with van der Waals surface area (Å²) in [5.74, 6) is 0. The standard InChI is InChI=1S/C25H19As/c26-25(21-14-6-2-7-15-21,22-16-8-3-9-17-22)24-19-11-10-18-23(24)20-12-4-1-5-13-20/h1-19H. The van der Waals surface area contributed by atoms with Gasteiger partial charge in [0.15, 0.2) is 0 Å². The van der Waals surface area contributed by atoms with Crippen LogP contribution in [0.2, 0.25) is 0 Å². The first kappa shape index (κ1) is 16.9. The Kier molecular flexibility index (Phi) is 4.78. The maximum atomic E-state index is 2.94. The summed E-state index contributed by atoms with van der Waals surface area (Å²) in [6.45, 7) is 0. The van der Waals surface area contributed by atoms with Gasteiger partial charge in [0, 0.05) is 0 Å². The van der Waals surface area contributed by atoms with Crippen molar-refractivity contribution in [3.05, 3.63) is 132 Å². The van der Waals surface area contributed by atoms with Gasteiger partial charge in [-0.2, -0.15) is 0 Å². The zero-order chi connectivity index (χ0) is 17.8. The van der Waals surface area contributed by atoms with Crippen LogP contribution in [0.15, 0.2) is 115 Å². The monoisotopic (exact) mass is 394 g/mol. The van der Waals surface area contributed by atoms with Gasteiger partial charge >= 0.3 is 164 Å². The van der Waals surface area contributed by atoms with Gasteiger partial charge in [0.25, 0.3) is 0 Å². The van der Waals surface area contributed by atoms with Crippen LogP contribution in [0.1, 0.15) is 16.7 Å². The molecule has 0 nitrogen and oxygen atoms in total. The molecule has 0 spiro atoms. The fraction of sp³-hybridized carbons (Fsp3) is 0.0400. The summed E-state index contributed by atoms with van der Waals surface area (Å²) in [5, 5.41) is 0. The summed E-state index contributed by atoms with van der Waals surface area (Å²) < 4.78 is -0.290. The molecule has 0 aliphatic heterocycles. The van der Waals surface area contributed by atoms with E-state index in [1.165, 1.54) is 27.8 Å². The van der Waals surface area contributed by atoms with Crippen molar-refractivity contribution in [2.75, 3.05) is 0 Å². The molecule has 124 valence electrons. The normalized spacial score (nSPS) is 11.3. The molecule has 0 aliphatic carbocycles. The Morgan fingerprint density at radius 1 is 0.462 bits per heavy atom. The zero-order valence-corrected chi connectivity index (χ0v) is 16.3. The Balaban J connectivity index is 2.01. The number of rotatable bonds is 4.